The molecule has 20 heavy (non-hydrogen) atoms. The number of aliphatic carboxylic acids is 1. The number of carbonyl (C=O) groups excluding carboxylic acids is 2. The number of hydrogen-bond donors (Lipinski definition) is 1. The maximum Gasteiger partial charge on any atom is 0.228 e. The Bertz CT molecular complexity index is 563. The maximum atomic E-state index is 12.3. The molecular formula is C16H18NO3-. The number of rotatable bonds is 3. The fourth-order valence-corrected chi connectivity index (χ4v) is 2.46. The number of carboxylic acids is 1. The second kappa shape index (κ2) is 5.90. The molecule has 1 aromatic rings. The summed E-state index contributed by atoms with van der Waals surface area (Å²) < 4.78 is 0. The fraction of sp³-hybridized carbons (Fsp3) is 0.375. The van der Waals surface area contributed by atoms with Crippen LogP contribution in [0.2, 0.25) is 0 Å². The average molecular weight is 272 g/mol. The van der Waals surface area contributed by atoms with Crippen molar-refractivity contribution in [2.24, 2.45) is 11.8 Å². The van der Waals surface area contributed by atoms with Gasteiger partial charge in [-0.3, -0.25) is 4.79 Å². The van der Waals surface area contributed by atoms with Gasteiger partial charge < -0.3 is 15.2 Å². The first kappa shape index (κ1) is 14.3. The van der Waals surface area contributed by atoms with Crippen molar-refractivity contribution in [3.05, 3.63) is 41.5 Å². The monoisotopic (exact) mass is 272 g/mol. The normalized spacial score (nSPS) is 21.5. The summed E-state index contributed by atoms with van der Waals surface area (Å²) in [6.45, 7) is 3.86. The van der Waals surface area contributed by atoms with Gasteiger partial charge in [-0.05, 0) is 43.9 Å². The van der Waals surface area contributed by atoms with Crippen LogP contribution >= 0.6 is 0 Å². The van der Waals surface area contributed by atoms with Crippen LogP contribution in [0.3, 0.4) is 0 Å². The quantitative estimate of drug-likeness (QED) is 0.849. The minimum Gasteiger partial charge on any atom is -0.550 e. The van der Waals surface area contributed by atoms with E-state index in [4.69, 9.17) is 0 Å². The summed E-state index contributed by atoms with van der Waals surface area (Å²) >= 11 is 0. The lowest BCUT2D eigenvalue weighted by Crippen LogP contribution is -2.41. The van der Waals surface area contributed by atoms with Crippen LogP contribution in [-0.4, -0.2) is 11.9 Å². The highest BCUT2D eigenvalue weighted by Crippen LogP contribution is 2.27. The largest absolute Gasteiger partial charge is 0.550 e. The van der Waals surface area contributed by atoms with Gasteiger partial charge >= 0.3 is 0 Å². The number of nitrogens with one attached hydrogen (secondary N) is 1. The first-order chi connectivity index (χ1) is 9.49. The molecule has 0 saturated carbocycles. The highest BCUT2D eigenvalue weighted by molar-refractivity contribution is 5.95. The lowest BCUT2D eigenvalue weighted by molar-refractivity contribution is -0.313. The fourth-order valence-electron chi connectivity index (χ4n) is 2.46. The van der Waals surface area contributed by atoms with E-state index in [-0.39, 0.29) is 5.91 Å². The van der Waals surface area contributed by atoms with Crippen molar-refractivity contribution in [2.45, 2.75) is 26.7 Å². The second-order valence-electron chi connectivity index (χ2n) is 5.28. The molecule has 2 unspecified atom stereocenters. The topological polar surface area (TPSA) is 69.2 Å². The third kappa shape index (κ3) is 3.07. The molecule has 0 saturated heterocycles. The molecule has 2 rings (SSSR count). The molecule has 4 heteroatoms. The summed E-state index contributed by atoms with van der Waals surface area (Å²) in [6, 6.07) is 5.79. The number of allylic oxidation sites excluding steroid dienone is 2. The molecule has 0 aromatic heterocycles. The van der Waals surface area contributed by atoms with E-state index < -0.39 is 17.8 Å². The van der Waals surface area contributed by atoms with Gasteiger partial charge in [0.1, 0.15) is 0 Å². The summed E-state index contributed by atoms with van der Waals surface area (Å²) in [5, 5.41) is 14.0. The van der Waals surface area contributed by atoms with Crippen LogP contribution in [-0.2, 0) is 9.59 Å². The van der Waals surface area contributed by atoms with E-state index in [2.05, 4.69) is 5.32 Å². The van der Waals surface area contributed by atoms with Gasteiger partial charge in [-0.2, -0.15) is 0 Å². The molecule has 0 aliphatic heterocycles. The Morgan fingerprint density at radius 1 is 1.15 bits per heavy atom. The molecule has 1 amide bonds. The Balaban J connectivity index is 2.16. The van der Waals surface area contributed by atoms with Crippen LogP contribution < -0.4 is 10.4 Å². The van der Waals surface area contributed by atoms with Gasteiger partial charge in [0.05, 0.1) is 5.92 Å². The predicted molar refractivity (Wildman–Crippen MR) is 74.9 cm³/mol. The van der Waals surface area contributed by atoms with E-state index in [9.17, 15) is 14.7 Å². The summed E-state index contributed by atoms with van der Waals surface area (Å²) in [7, 11) is 0. The molecule has 1 aliphatic rings. The number of amides is 1. The molecule has 0 fully saturated rings. The Morgan fingerprint density at radius 2 is 1.80 bits per heavy atom. The minimum absolute atomic E-state index is 0.253. The summed E-state index contributed by atoms with van der Waals surface area (Å²) in [5.41, 5.74) is 2.74. The number of aryl methyl sites for hydroxylation is 2. The third-order valence-corrected chi connectivity index (χ3v) is 3.72. The number of hydrogen-bond acceptors (Lipinski definition) is 3. The van der Waals surface area contributed by atoms with Crippen LogP contribution in [0, 0.1) is 25.7 Å². The molecule has 1 N–H and O–H groups in total. The van der Waals surface area contributed by atoms with Gasteiger partial charge in [0, 0.05) is 17.6 Å². The van der Waals surface area contributed by atoms with E-state index in [1.807, 2.05) is 38.1 Å². The molecule has 0 radical (unpaired) electrons. The zero-order valence-corrected chi connectivity index (χ0v) is 11.7. The van der Waals surface area contributed by atoms with Crippen molar-refractivity contribution in [2.75, 3.05) is 5.32 Å². The van der Waals surface area contributed by atoms with Crippen molar-refractivity contribution < 1.29 is 14.7 Å². The molecule has 0 spiro atoms. The summed E-state index contributed by atoms with van der Waals surface area (Å²) in [6.07, 6.45) is 4.44. The van der Waals surface area contributed by atoms with Crippen LogP contribution in [0.1, 0.15) is 24.0 Å². The molecule has 2 atom stereocenters. The number of carbonyl (C=O) groups is 2. The van der Waals surface area contributed by atoms with Crippen LogP contribution in [0.4, 0.5) is 5.69 Å². The van der Waals surface area contributed by atoms with Crippen molar-refractivity contribution >= 4 is 17.6 Å². The van der Waals surface area contributed by atoms with Crippen molar-refractivity contribution in [3.8, 4) is 0 Å². The Kier molecular flexibility index (Phi) is 4.23. The standard InChI is InChI=1S/C16H19NO3/c1-10-7-8-11(2)14(9-10)17-15(18)12-5-3-4-6-13(12)16(19)20/h3-4,7-9,12-13H,5-6H2,1-2H3,(H,17,18)(H,19,20)/p-1. The van der Waals surface area contributed by atoms with Crippen LogP contribution in [0.5, 0.6) is 0 Å². The van der Waals surface area contributed by atoms with Crippen LogP contribution in [0.25, 0.3) is 0 Å². The smallest absolute Gasteiger partial charge is 0.228 e. The van der Waals surface area contributed by atoms with E-state index in [0.717, 1.165) is 16.8 Å². The lowest BCUT2D eigenvalue weighted by atomic mass is 9.82. The lowest BCUT2D eigenvalue weighted by Gasteiger charge is -2.28. The average Bonchev–Trinajstić information content (AvgIpc) is 2.42. The van der Waals surface area contributed by atoms with Gasteiger partial charge in [-0.25, -0.2) is 0 Å². The van der Waals surface area contributed by atoms with Gasteiger partial charge in [-0.15, -0.1) is 0 Å². The molecular weight excluding hydrogens is 254 g/mol. The molecule has 0 bridgehead atoms. The zero-order valence-electron chi connectivity index (χ0n) is 11.7. The highest BCUT2D eigenvalue weighted by atomic mass is 16.4. The Morgan fingerprint density at radius 3 is 2.45 bits per heavy atom. The van der Waals surface area contributed by atoms with Crippen LogP contribution in [0.15, 0.2) is 30.4 Å². The van der Waals surface area contributed by atoms with Gasteiger partial charge in [-0.1, -0.05) is 24.3 Å². The molecule has 106 valence electrons. The van der Waals surface area contributed by atoms with Crippen molar-refractivity contribution in [3.63, 3.8) is 0 Å². The molecule has 4 nitrogen and oxygen atoms in total. The maximum absolute atomic E-state index is 12.3. The first-order valence-electron chi connectivity index (χ1n) is 6.73. The first-order valence-corrected chi connectivity index (χ1v) is 6.73. The summed E-state index contributed by atoms with van der Waals surface area (Å²) in [5.74, 6) is -2.72. The van der Waals surface area contributed by atoms with Crippen molar-refractivity contribution in [1.82, 2.24) is 0 Å². The Labute approximate surface area is 118 Å². The predicted octanol–water partition coefficient (Wildman–Crippen LogP) is 1.57. The van der Waals surface area contributed by atoms with Gasteiger partial charge in [0.15, 0.2) is 0 Å². The minimum atomic E-state index is -1.16. The van der Waals surface area contributed by atoms with E-state index in [1.54, 1.807) is 6.08 Å². The summed E-state index contributed by atoms with van der Waals surface area (Å²) in [4.78, 5) is 23.4. The third-order valence-electron chi connectivity index (χ3n) is 3.72. The molecule has 1 aromatic carbocycles. The van der Waals surface area contributed by atoms with Crippen molar-refractivity contribution in [1.29, 1.82) is 0 Å². The Hall–Kier alpha value is -2.10. The van der Waals surface area contributed by atoms with E-state index >= 15 is 0 Å². The van der Waals surface area contributed by atoms with Gasteiger partial charge in [0.2, 0.25) is 5.91 Å². The van der Waals surface area contributed by atoms with E-state index in [0.29, 0.717) is 12.8 Å². The SMILES string of the molecule is Cc1ccc(C)c(NC(=O)C2CC=CCC2C(=O)[O-])c1. The number of benzene rings is 1. The van der Waals surface area contributed by atoms with Gasteiger partial charge in [0.25, 0.3) is 0 Å². The zero-order chi connectivity index (χ0) is 14.7. The second-order valence-corrected chi connectivity index (χ2v) is 5.28. The number of anilines is 1. The number of carboxylic acid groups (broad SMARTS) is 1. The molecule has 1 aliphatic carbocycles. The van der Waals surface area contributed by atoms with E-state index in [1.165, 1.54) is 0 Å². The molecule has 0 heterocycles. The highest BCUT2D eigenvalue weighted by Gasteiger charge is 2.29.